The van der Waals surface area contributed by atoms with Gasteiger partial charge in [-0.25, -0.2) is 0 Å². The summed E-state index contributed by atoms with van der Waals surface area (Å²) in [5.74, 6) is 0.0340. The van der Waals surface area contributed by atoms with E-state index in [1.807, 2.05) is 23.7 Å². The molecule has 4 aromatic rings. The molecule has 0 aliphatic carbocycles. The number of thiophene rings is 1. The average Bonchev–Trinajstić information content (AvgIpc) is 3.44. The van der Waals surface area contributed by atoms with Crippen molar-refractivity contribution < 1.29 is 14.3 Å². The molecular formula is C25H20ClN3O3S. The number of aromatic nitrogens is 1. The lowest BCUT2D eigenvalue weighted by molar-refractivity contribution is 0.0966. The molecule has 8 heteroatoms. The van der Waals surface area contributed by atoms with Crippen LogP contribution in [-0.4, -0.2) is 23.4 Å². The average molecular weight is 478 g/mol. The maximum Gasteiger partial charge on any atom is 0.259 e. The Hall–Kier alpha value is -3.55. The Morgan fingerprint density at radius 3 is 2.76 bits per heavy atom. The van der Waals surface area contributed by atoms with Crippen LogP contribution < -0.4 is 15.4 Å². The molecule has 2 aromatic carbocycles. The highest BCUT2D eigenvalue weighted by molar-refractivity contribution is 7.14. The first-order chi connectivity index (χ1) is 16.0. The van der Waals surface area contributed by atoms with Crippen molar-refractivity contribution in [1.29, 1.82) is 0 Å². The number of rotatable bonds is 5. The highest BCUT2D eigenvalue weighted by Crippen LogP contribution is 2.34. The Morgan fingerprint density at radius 2 is 1.97 bits per heavy atom. The van der Waals surface area contributed by atoms with Crippen LogP contribution in [-0.2, 0) is 6.54 Å². The number of amides is 1. The predicted molar refractivity (Wildman–Crippen MR) is 131 cm³/mol. The van der Waals surface area contributed by atoms with Crippen LogP contribution in [0, 0.1) is 0 Å². The molecule has 166 valence electrons. The van der Waals surface area contributed by atoms with E-state index in [1.54, 1.807) is 53.8 Å². The molecule has 0 spiro atoms. The Balaban J connectivity index is 1.36. The number of methoxy groups -OCH3 is 1. The van der Waals surface area contributed by atoms with Crippen molar-refractivity contribution in [3.63, 3.8) is 0 Å². The summed E-state index contributed by atoms with van der Waals surface area (Å²) in [7, 11) is 1.49. The molecule has 1 aliphatic heterocycles. The molecule has 5 rings (SSSR count). The molecule has 0 radical (unpaired) electrons. The fourth-order valence-corrected chi connectivity index (χ4v) is 4.94. The number of hydrogen-bond acceptors (Lipinski definition) is 5. The summed E-state index contributed by atoms with van der Waals surface area (Å²) in [6, 6.07) is 17.3. The van der Waals surface area contributed by atoms with E-state index in [4.69, 9.17) is 16.3 Å². The van der Waals surface area contributed by atoms with E-state index in [-0.39, 0.29) is 11.7 Å². The number of carbonyl (C=O) groups excluding carboxylic acids is 2. The number of anilines is 2. The number of benzene rings is 2. The molecule has 6 nitrogen and oxygen atoms in total. The lowest BCUT2D eigenvalue weighted by atomic mass is 10.0. The minimum absolute atomic E-state index is 0.0338. The summed E-state index contributed by atoms with van der Waals surface area (Å²) in [6.45, 7) is 0.733. The zero-order valence-electron chi connectivity index (χ0n) is 17.7. The third-order valence-corrected chi connectivity index (χ3v) is 6.74. The summed E-state index contributed by atoms with van der Waals surface area (Å²) in [5, 5.41) is 9.78. The molecule has 1 atom stereocenters. The summed E-state index contributed by atoms with van der Waals surface area (Å²) >= 11 is 7.58. The van der Waals surface area contributed by atoms with Gasteiger partial charge in [-0.3, -0.25) is 9.59 Å². The van der Waals surface area contributed by atoms with E-state index in [2.05, 4.69) is 21.3 Å². The van der Waals surface area contributed by atoms with Crippen LogP contribution in [0.4, 0.5) is 10.7 Å². The van der Waals surface area contributed by atoms with Crippen LogP contribution in [0.5, 0.6) is 5.75 Å². The van der Waals surface area contributed by atoms with E-state index >= 15 is 0 Å². The van der Waals surface area contributed by atoms with Crippen molar-refractivity contribution >= 4 is 45.3 Å². The summed E-state index contributed by atoms with van der Waals surface area (Å²) in [5.41, 5.74) is 3.60. The first kappa shape index (κ1) is 21.3. The first-order valence-corrected chi connectivity index (χ1v) is 11.6. The second kappa shape index (κ2) is 8.77. The molecule has 1 aliphatic rings. The number of carbonyl (C=O) groups is 2. The second-order valence-electron chi connectivity index (χ2n) is 7.65. The fraction of sp³-hybridized carbons (Fsp3) is 0.120. The zero-order chi connectivity index (χ0) is 22.9. The van der Waals surface area contributed by atoms with Gasteiger partial charge in [0.25, 0.3) is 5.91 Å². The van der Waals surface area contributed by atoms with E-state index in [1.165, 1.54) is 12.7 Å². The molecule has 1 unspecified atom stereocenters. The van der Waals surface area contributed by atoms with Crippen molar-refractivity contribution in [2.24, 2.45) is 0 Å². The molecule has 0 fully saturated rings. The largest absolute Gasteiger partial charge is 0.496 e. The number of ether oxygens (including phenoxy) is 1. The number of halogens is 1. The molecule has 1 amide bonds. The number of hydrogen-bond donors (Lipinski definition) is 2. The molecule has 2 aromatic heterocycles. The molecular weight excluding hydrogens is 458 g/mol. The van der Waals surface area contributed by atoms with Crippen LogP contribution in [0.25, 0.3) is 0 Å². The Kier molecular flexibility index (Phi) is 5.66. The lowest BCUT2D eigenvalue weighted by Crippen LogP contribution is -2.22. The Morgan fingerprint density at radius 1 is 1.15 bits per heavy atom. The minimum atomic E-state index is -0.487. The quantitative estimate of drug-likeness (QED) is 0.353. The van der Waals surface area contributed by atoms with Gasteiger partial charge >= 0.3 is 0 Å². The third-order valence-electron chi connectivity index (χ3n) is 5.62. The lowest BCUT2D eigenvalue weighted by Gasteiger charge is -2.17. The summed E-state index contributed by atoms with van der Waals surface area (Å²) < 4.78 is 7.36. The van der Waals surface area contributed by atoms with Crippen LogP contribution in [0.1, 0.15) is 38.0 Å². The van der Waals surface area contributed by atoms with Gasteiger partial charge in [-0.05, 0) is 66.0 Å². The number of Topliss-reactive ketones (excluding diaryl/α,β-unsaturated/α-hetero) is 1. The van der Waals surface area contributed by atoms with Crippen molar-refractivity contribution in [1.82, 2.24) is 4.57 Å². The SMILES string of the molecule is COc1cc(Cl)ccc1C(=O)Nc1ccc(C(=O)C2Nc3sccc3Cn3cccc32)cc1. The van der Waals surface area contributed by atoms with Crippen molar-refractivity contribution in [2.45, 2.75) is 12.6 Å². The molecule has 33 heavy (non-hydrogen) atoms. The van der Waals surface area contributed by atoms with Gasteiger partial charge in [0, 0.05) is 33.7 Å². The predicted octanol–water partition coefficient (Wildman–Crippen LogP) is 5.86. The van der Waals surface area contributed by atoms with Gasteiger partial charge in [-0.1, -0.05) is 11.6 Å². The second-order valence-corrected chi connectivity index (χ2v) is 9.01. The van der Waals surface area contributed by atoms with Crippen LogP contribution in [0.15, 0.2) is 72.2 Å². The third kappa shape index (κ3) is 4.13. The number of ketones is 1. The van der Waals surface area contributed by atoms with E-state index < -0.39 is 6.04 Å². The molecule has 0 saturated carbocycles. The molecule has 0 bridgehead atoms. The topological polar surface area (TPSA) is 72.4 Å². The molecule has 3 heterocycles. The maximum absolute atomic E-state index is 13.4. The van der Waals surface area contributed by atoms with Gasteiger partial charge in [0.2, 0.25) is 0 Å². The van der Waals surface area contributed by atoms with E-state index in [0.717, 1.165) is 17.2 Å². The van der Waals surface area contributed by atoms with E-state index in [9.17, 15) is 9.59 Å². The smallest absolute Gasteiger partial charge is 0.259 e. The van der Waals surface area contributed by atoms with Crippen molar-refractivity contribution in [3.8, 4) is 5.75 Å². The van der Waals surface area contributed by atoms with Gasteiger partial charge in [-0.15, -0.1) is 11.3 Å². The van der Waals surface area contributed by atoms with Gasteiger partial charge in [-0.2, -0.15) is 0 Å². The van der Waals surface area contributed by atoms with E-state index in [0.29, 0.717) is 27.6 Å². The molecule has 0 saturated heterocycles. The highest BCUT2D eigenvalue weighted by atomic mass is 35.5. The standard InChI is InChI=1S/C25H20ClN3O3S/c1-32-21-13-17(26)6-9-19(21)24(31)27-18-7-4-15(5-8-18)23(30)22-20-3-2-11-29(20)14-16-10-12-33-25(16)28-22/h2-13,22,28H,14H2,1H3,(H,27,31). The highest BCUT2D eigenvalue weighted by Gasteiger charge is 2.28. The summed E-state index contributed by atoms with van der Waals surface area (Å²) in [6.07, 6.45) is 1.99. The molecule has 2 N–H and O–H groups in total. The first-order valence-electron chi connectivity index (χ1n) is 10.3. The number of nitrogens with one attached hydrogen (secondary N) is 2. The van der Waals surface area contributed by atoms with Gasteiger partial charge < -0.3 is 19.9 Å². The zero-order valence-corrected chi connectivity index (χ0v) is 19.2. The Labute approximate surface area is 199 Å². The maximum atomic E-state index is 13.4. The van der Waals surface area contributed by atoms with Gasteiger partial charge in [0.15, 0.2) is 5.78 Å². The number of nitrogens with zero attached hydrogens (tertiary/aromatic N) is 1. The van der Waals surface area contributed by atoms with Gasteiger partial charge in [0.05, 0.1) is 24.2 Å². The van der Waals surface area contributed by atoms with Crippen molar-refractivity contribution in [3.05, 3.63) is 99.6 Å². The van der Waals surface area contributed by atoms with Crippen LogP contribution >= 0.6 is 22.9 Å². The van der Waals surface area contributed by atoms with Crippen LogP contribution in [0.2, 0.25) is 5.02 Å². The normalized spacial score (nSPS) is 14.4. The summed E-state index contributed by atoms with van der Waals surface area (Å²) in [4.78, 5) is 26.1. The van der Waals surface area contributed by atoms with Crippen LogP contribution in [0.3, 0.4) is 0 Å². The minimum Gasteiger partial charge on any atom is -0.496 e. The van der Waals surface area contributed by atoms with Crippen molar-refractivity contribution in [2.75, 3.05) is 17.7 Å². The number of fused-ring (bicyclic) bond motifs is 2. The van der Waals surface area contributed by atoms with Gasteiger partial charge in [0.1, 0.15) is 11.8 Å². The fourth-order valence-electron chi connectivity index (χ4n) is 3.94. The Bertz CT molecular complexity index is 1340. The monoisotopic (exact) mass is 477 g/mol.